The van der Waals surface area contributed by atoms with Crippen molar-refractivity contribution in [2.24, 2.45) is 22.7 Å². The van der Waals surface area contributed by atoms with Gasteiger partial charge in [0.05, 0.1) is 17.5 Å². The van der Waals surface area contributed by atoms with Gasteiger partial charge in [0.1, 0.15) is 0 Å². The second-order valence-corrected chi connectivity index (χ2v) is 10.1. The highest BCUT2D eigenvalue weighted by molar-refractivity contribution is 14.1. The van der Waals surface area contributed by atoms with Crippen molar-refractivity contribution < 1.29 is 9.59 Å². The lowest BCUT2D eigenvalue weighted by atomic mass is 9.66. The molecule has 3 nitrogen and oxygen atoms in total. The van der Waals surface area contributed by atoms with Gasteiger partial charge in [0, 0.05) is 14.3 Å². The van der Waals surface area contributed by atoms with Gasteiger partial charge < -0.3 is 0 Å². The number of nitrogens with zero attached hydrogens (tertiary/aromatic N) is 1. The summed E-state index contributed by atoms with van der Waals surface area (Å²) >= 11 is 2.51. The van der Waals surface area contributed by atoms with Gasteiger partial charge in [0.15, 0.2) is 0 Å². The fourth-order valence-electron chi connectivity index (χ4n) is 5.74. The summed E-state index contributed by atoms with van der Waals surface area (Å²) in [4.78, 5) is 28.1. The van der Waals surface area contributed by atoms with Crippen molar-refractivity contribution in [3.05, 3.63) is 41.5 Å². The molecular formula is C20H22INO2. The Balaban J connectivity index is 1.93. The fourth-order valence-corrected chi connectivity index (χ4v) is 7.22. The zero-order chi connectivity index (χ0) is 17.7. The van der Waals surface area contributed by atoms with Crippen molar-refractivity contribution in [1.82, 2.24) is 0 Å². The van der Waals surface area contributed by atoms with E-state index in [-0.39, 0.29) is 37.9 Å². The van der Waals surface area contributed by atoms with Gasteiger partial charge in [-0.05, 0) is 32.9 Å². The molecule has 4 heteroatoms. The quantitative estimate of drug-likeness (QED) is 0.285. The van der Waals surface area contributed by atoms with Crippen LogP contribution in [0.4, 0.5) is 5.69 Å². The van der Waals surface area contributed by atoms with E-state index >= 15 is 0 Å². The largest absolute Gasteiger partial charge is 0.274 e. The second kappa shape index (κ2) is 4.51. The first-order valence-corrected chi connectivity index (χ1v) is 9.50. The molecule has 2 bridgehead atoms. The van der Waals surface area contributed by atoms with Crippen LogP contribution >= 0.6 is 22.6 Å². The Labute approximate surface area is 156 Å². The van der Waals surface area contributed by atoms with Gasteiger partial charge in [-0.1, -0.05) is 65.8 Å². The van der Waals surface area contributed by atoms with Crippen LogP contribution in [0.5, 0.6) is 0 Å². The number of anilines is 1. The third-order valence-electron chi connectivity index (χ3n) is 7.64. The Morgan fingerprint density at radius 2 is 1.29 bits per heavy atom. The fraction of sp³-hybridized carbons (Fsp3) is 0.500. The number of rotatable bonds is 1. The van der Waals surface area contributed by atoms with Crippen LogP contribution in [0.2, 0.25) is 0 Å². The van der Waals surface area contributed by atoms with Gasteiger partial charge in [-0.25, -0.2) is 4.90 Å². The molecule has 0 spiro atoms. The van der Waals surface area contributed by atoms with Crippen LogP contribution < -0.4 is 4.90 Å². The van der Waals surface area contributed by atoms with Crippen LogP contribution in [0, 0.1) is 22.7 Å². The molecule has 24 heavy (non-hydrogen) atoms. The molecular weight excluding hydrogens is 413 g/mol. The van der Waals surface area contributed by atoms with Gasteiger partial charge in [-0.3, -0.25) is 9.59 Å². The summed E-state index contributed by atoms with van der Waals surface area (Å²) in [6, 6.07) is 9.34. The zero-order valence-electron chi connectivity index (χ0n) is 14.7. The number of para-hydroxylation sites is 1. The molecule has 1 aromatic carbocycles. The average Bonchev–Trinajstić information content (AvgIpc) is 2.93. The van der Waals surface area contributed by atoms with Crippen LogP contribution in [0.1, 0.15) is 34.6 Å². The lowest BCUT2D eigenvalue weighted by molar-refractivity contribution is -0.124. The molecule has 2 amide bonds. The number of allylic oxidation sites excluding steroid dienone is 2. The Bertz CT molecular complexity index is 766. The second-order valence-electron chi connectivity index (χ2n) is 7.96. The summed E-state index contributed by atoms with van der Waals surface area (Å²) in [5, 5.41) is 0. The summed E-state index contributed by atoms with van der Waals surface area (Å²) < 4.78 is -0.143. The first kappa shape index (κ1) is 16.3. The molecule has 1 aromatic rings. The molecule has 2 aliphatic carbocycles. The molecule has 126 valence electrons. The SMILES string of the molecule is CC1=C(C)[C@]2(C)[C@@H]3C(=O)N(c4ccccc4)C(=O)[C@@H]3[C@@]1(C)C2(C)I. The van der Waals surface area contributed by atoms with E-state index in [2.05, 4.69) is 57.2 Å². The van der Waals surface area contributed by atoms with Crippen LogP contribution in [0.25, 0.3) is 0 Å². The van der Waals surface area contributed by atoms with Gasteiger partial charge in [-0.2, -0.15) is 0 Å². The number of fused-ring (bicyclic) bond motifs is 5. The number of benzene rings is 1. The first-order valence-electron chi connectivity index (χ1n) is 8.42. The van der Waals surface area contributed by atoms with Crippen molar-refractivity contribution in [2.45, 2.75) is 38.0 Å². The molecule has 1 unspecified atom stereocenters. The maximum Gasteiger partial charge on any atom is 0.238 e. The van der Waals surface area contributed by atoms with E-state index in [4.69, 9.17) is 0 Å². The van der Waals surface area contributed by atoms with Crippen LogP contribution in [-0.4, -0.2) is 15.2 Å². The van der Waals surface area contributed by atoms with E-state index in [1.807, 2.05) is 30.3 Å². The molecule has 5 atom stereocenters. The smallest absolute Gasteiger partial charge is 0.238 e. The van der Waals surface area contributed by atoms with E-state index in [1.54, 1.807) is 0 Å². The summed E-state index contributed by atoms with van der Waals surface area (Å²) in [6.07, 6.45) is 0. The number of amides is 2. The van der Waals surface area contributed by atoms with Crippen LogP contribution in [0.15, 0.2) is 41.5 Å². The minimum atomic E-state index is -0.284. The maximum atomic E-state index is 13.4. The molecule has 0 N–H and O–H groups in total. The Morgan fingerprint density at radius 3 is 1.71 bits per heavy atom. The molecule has 4 rings (SSSR count). The lowest BCUT2D eigenvalue weighted by Gasteiger charge is -2.41. The highest BCUT2D eigenvalue weighted by Crippen LogP contribution is 2.78. The van der Waals surface area contributed by atoms with Gasteiger partial charge in [0.2, 0.25) is 11.8 Å². The third kappa shape index (κ3) is 1.39. The number of alkyl halides is 1. The number of halogens is 1. The van der Waals surface area contributed by atoms with Crippen molar-refractivity contribution in [1.29, 1.82) is 0 Å². The van der Waals surface area contributed by atoms with Crippen molar-refractivity contribution >= 4 is 40.1 Å². The monoisotopic (exact) mass is 435 g/mol. The normalized spacial score (nSPS) is 43.8. The summed E-state index contributed by atoms with van der Waals surface area (Å²) in [6.45, 7) is 10.9. The van der Waals surface area contributed by atoms with Crippen LogP contribution in [-0.2, 0) is 9.59 Å². The highest BCUT2D eigenvalue weighted by Gasteiger charge is 2.80. The number of carbonyl (C=O) groups excluding carboxylic acids is 2. The topological polar surface area (TPSA) is 37.4 Å². The standard InChI is InChI=1S/C20H22INO2/c1-11-12(2)19(4)15-14(18(11,3)20(19,5)21)16(23)22(17(15)24)13-9-7-6-8-10-13/h6-10,14-15H,1-5H3/t14-,15+,18+,19-,20?. The molecule has 1 heterocycles. The molecule has 1 saturated carbocycles. The van der Waals surface area contributed by atoms with Crippen LogP contribution in [0.3, 0.4) is 0 Å². The Morgan fingerprint density at radius 1 is 0.875 bits per heavy atom. The summed E-state index contributed by atoms with van der Waals surface area (Å²) in [5.74, 6) is -0.587. The number of carbonyl (C=O) groups is 2. The predicted molar refractivity (Wildman–Crippen MR) is 103 cm³/mol. The number of imide groups is 1. The third-order valence-corrected chi connectivity index (χ3v) is 9.88. The van der Waals surface area contributed by atoms with Gasteiger partial charge >= 0.3 is 0 Å². The molecule has 2 fully saturated rings. The molecule has 1 saturated heterocycles. The maximum absolute atomic E-state index is 13.4. The van der Waals surface area contributed by atoms with Crippen molar-refractivity contribution in [3.63, 3.8) is 0 Å². The molecule has 3 aliphatic rings. The average molecular weight is 435 g/mol. The lowest BCUT2D eigenvalue weighted by Crippen LogP contribution is -2.47. The van der Waals surface area contributed by atoms with Gasteiger partial charge in [-0.15, -0.1) is 0 Å². The predicted octanol–water partition coefficient (Wildman–Crippen LogP) is 4.36. The summed E-state index contributed by atoms with van der Waals surface area (Å²) in [7, 11) is 0. The summed E-state index contributed by atoms with van der Waals surface area (Å²) in [5.41, 5.74) is 2.71. The number of hydrogen-bond acceptors (Lipinski definition) is 2. The highest BCUT2D eigenvalue weighted by atomic mass is 127. The Hall–Kier alpha value is -1.17. The number of hydrogen-bond donors (Lipinski definition) is 0. The first-order chi connectivity index (χ1) is 11.1. The zero-order valence-corrected chi connectivity index (χ0v) is 16.8. The van der Waals surface area contributed by atoms with Gasteiger partial charge in [0.25, 0.3) is 0 Å². The van der Waals surface area contributed by atoms with E-state index in [9.17, 15) is 9.59 Å². The molecule has 1 aliphatic heterocycles. The van der Waals surface area contributed by atoms with E-state index in [0.717, 1.165) is 0 Å². The van der Waals surface area contributed by atoms with Crippen molar-refractivity contribution in [3.8, 4) is 0 Å². The van der Waals surface area contributed by atoms with Crippen molar-refractivity contribution in [2.75, 3.05) is 4.90 Å². The van der Waals surface area contributed by atoms with E-state index in [0.29, 0.717) is 5.69 Å². The molecule has 0 aromatic heterocycles. The minimum absolute atomic E-state index is 0.0304. The molecule has 0 radical (unpaired) electrons. The van der Waals surface area contributed by atoms with E-state index < -0.39 is 0 Å². The van der Waals surface area contributed by atoms with E-state index in [1.165, 1.54) is 16.0 Å². The Kier molecular flexibility index (Phi) is 3.06. The minimum Gasteiger partial charge on any atom is -0.274 e.